The Morgan fingerprint density at radius 3 is 2.50 bits per heavy atom. The predicted molar refractivity (Wildman–Crippen MR) is 76.6 cm³/mol. The lowest BCUT2D eigenvalue weighted by atomic mass is 10.3. The summed E-state index contributed by atoms with van der Waals surface area (Å²) in [6.45, 7) is 4.30. The van der Waals surface area contributed by atoms with Gasteiger partial charge in [0, 0.05) is 51.2 Å². The highest BCUT2D eigenvalue weighted by Gasteiger charge is 2.31. The van der Waals surface area contributed by atoms with Crippen LogP contribution in [0.25, 0.3) is 0 Å². The first-order valence-corrected chi connectivity index (χ1v) is 8.63. The Morgan fingerprint density at radius 1 is 1.25 bits per heavy atom. The molecule has 0 bridgehead atoms. The zero-order valence-corrected chi connectivity index (χ0v) is 12.4. The summed E-state index contributed by atoms with van der Waals surface area (Å²) in [7, 11) is -3.37. The molecule has 3 rings (SSSR count). The fourth-order valence-electron chi connectivity index (χ4n) is 2.65. The monoisotopic (exact) mass is 298 g/mol. The van der Waals surface area contributed by atoms with Gasteiger partial charge in [-0.25, -0.2) is 8.42 Å². The van der Waals surface area contributed by atoms with Gasteiger partial charge in [-0.3, -0.25) is 0 Å². The van der Waals surface area contributed by atoms with Crippen molar-refractivity contribution in [1.82, 2.24) is 14.2 Å². The van der Waals surface area contributed by atoms with Crippen molar-refractivity contribution in [2.75, 3.05) is 32.7 Å². The predicted octanol–water partition coefficient (Wildman–Crippen LogP) is 0.190. The number of nitrogens with two attached hydrogens (primary N) is 1. The maximum Gasteiger partial charge on any atom is 0.244 e. The van der Waals surface area contributed by atoms with Crippen molar-refractivity contribution < 1.29 is 8.42 Å². The summed E-state index contributed by atoms with van der Waals surface area (Å²) in [5.74, 6) is 0.856. The second-order valence-corrected chi connectivity index (χ2v) is 7.65. The van der Waals surface area contributed by atoms with Gasteiger partial charge in [0.1, 0.15) is 0 Å². The molecule has 0 radical (unpaired) electrons. The first-order chi connectivity index (χ1) is 9.59. The van der Waals surface area contributed by atoms with E-state index >= 15 is 0 Å². The van der Waals surface area contributed by atoms with E-state index in [-0.39, 0.29) is 0 Å². The van der Waals surface area contributed by atoms with Crippen LogP contribution in [0.4, 0.5) is 0 Å². The molecule has 2 heterocycles. The Hall–Kier alpha value is -0.890. The fraction of sp³-hybridized carbons (Fsp3) is 0.692. The maximum atomic E-state index is 12.5. The van der Waals surface area contributed by atoms with Gasteiger partial charge in [0.15, 0.2) is 0 Å². The number of piperazine rings is 1. The second kappa shape index (κ2) is 5.48. The molecule has 0 atom stereocenters. The summed E-state index contributed by atoms with van der Waals surface area (Å²) >= 11 is 0. The smallest absolute Gasteiger partial charge is 0.244 e. The second-order valence-electron chi connectivity index (χ2n) is 5.71. The van der Waals surface area contributed by atoms with E-state index in [1.54, 1.807) is 10.4 Å². The van der Waals surface area contributed by atoms with Crippen LogP contribution in [-0.4, -0.2) is 55.3 Å². The molecule has 112 valence electrons. The standard InChI is InChI=1S/C13H22N4O2S/c14-8-12-7-13(9-15-12)20(18,19)17-5-3-16(4-6-17)10-11-1-2-11/h7,9,11,15H,1-6,8,10,14H2. The van der Waals surface area contributed by atoms with Crippen LogP contribution >= 0.6 is 0 Å². The molecule has 1 aliphatic heterocycles. The van der Waals surface area contributed by atoms with E-state index in [0.29, 0.717) is 24.5 Å². The number of aromatic nitrogens is 1. The summed E-state index contributed by atoms with van der Waals surface area (Å²) in [6, 6.07) is 1.63. The van der Waals surface area contributed by atoms with Crippen molar-refractivity contribution in [3.8, 4) is 0 Å². The van der Waals surface area contributed by atoms with Gasteiger partial charge < -0.3 is 15.6 Å². The average molecular weight is 298 g/mol. The zero-order valence-electron chi connectivity index (χ0n) is 11.6. The van der Waals surface area contributed by atoms with E-state index in [9.17, 15) is 8.42 Å². The van der Waals surface area contributed by atoms with Crippen LogP contribution < -0.4 is 5.73 Å². The van der Waals surface area contributed by atoms with Gasteiger partial charge in [-0.05, 0) is 24.8 Å². The molecule has 2 fully saturated rings. The molecule has 1 saturated heterocycles. The van der Waals surface area contributed by atoms with Gasteiger partial charge >= 0.3 is 0 Å². The zero-order chi connectivity index (χ0) is 14.2. The molecular formula is C13H22N4O2S. The first kappa shape index (κ1) is 14.1. The van der Waals surface area contributed by atoms with Gasteiger partial charge in [0.25, 0.3) is 0 Å². The number of aromatic amines is 1. The van der Waals surface area contributed by atoms with Crippen LogP contribution in [-0.2, 0) is 16.6 Å². The highest BCUT2D eigenvalue weighted by molar-refractivity contribution is 7.89. The van der Waals surface area contributed by atoms with Gasteiger partial charge in [-0.1, -0.05) is 0 Å². The average Bonchev–Trinajstić information content (AvgIpc) is 3.12. The summed E-state index contributed by atoms with van der Waals surface area (Å²) in [5, 5.41) is 0. The normalized spacial score (nSPS) is 22.2. The highest BCUT2D eigenvalue weighted by atomic mass is 32.2. The van der Waals surface area contributed by atoms with Crippen LogP contribution in [0, 0.1) is 5.92 Å². The molecule has 0 aromatic carbocycles. The van der Waals surface area contributed by atoms with Crippen molar-refractivity contribution in [2.45, 2.75) is 24.3 Å². The minimum atomic E-state index is -3.37. The molecular weight excluding hydrogens is 276 g/mol. The van der Waals surface area contributed by atoms with E-state index in [1.165, 1.54) is 19.0 Å². The van der Waals surface area contributed by atoms with Crippen molar-refractivity contribution >= 4 is 10.0 Å². The minimum absolute atomic E-state index is 0.324. The number of sulfonamides is 1. The number of H-pyrrole nitrogens is 1. The fourth-order valence-corrected chi connectivity index (χ4v) is 4.09. The molecule has 1 aromatic heterocycles. The third-order valence-electron chi connectivity index (χ3n) is 4.12. The van der Waals surface area contributed by atoms with E-state index < -0.39 is 10.0 Å². The van der Waals surface area contributed by atoms with Gasteiger partial charge in [0.05, 0.1) is 4.90 Å². The minimum Gasteiger partial charge on any atom is -0.363 e. The molecule has 20 heavy (non-hydrogen) atoms. The Bertz CT molecular complexity index is 557. The van der Waals surface area contributed by atoms with Crippen molar-refractivity contribution in [1.29, 1.82) is 0 Å². The third-order valence-corrected chi connectivity index (χ3v) is 5.99. The highest BCUT2D eigenvalue weighted by Crippen LogP contribution is 2.30. The molecule has 0 unspecified atom stereocenters. The quantitative estimate of drug-likeness (QED) is 0.813. The topological polar surface area (TPSA) is 82.4 Å². The largest absolute Gasteiger partial charge is 0.363 e. The van der Waals surface area contributed by atoms with Crippen LogP contribution in [0.2, 0.25) is 0 Å². The van der Waals surface area contributed by atoms with Crippen molar-refractivity contribution in [2.24, 2.45) is 11.7 Å². The molecule has 0 spiro atoms. The lowest BCUT2D eigenvalue weighted by Crippen LogP contribution is -2.48. The molecule has 1 aromatic rings. The van der Waals surface area contributed by atoms with E-state index in [1.807, 2.05) is 0 Å². The van der Waals surface area contributed by atoms with E-state index in [4.69, 9.17) is 5.73 Å². The molecule has 3 N–H and O–H groups in total. The molecule has 1 saturated carbocycles. The van der Waals surface area contributed by atoms with Crippen LogP contribution in [0.1, 0.15) is 18.5 Å². The van der Waals surface area contributed by atoms with Gasteiger partial charge in [-0.2, -0.15) is 4.31 Å². The van der Waals surface area contributed by atoms with Crippen LogP contribution in [0.5, 0.6) is 0 Å². The lowest BCUT2D eigenvalue weighted by Gasteiger charge is -2.33. The number of nitrogens with zero attached hydrogens (tertiary/aromatic N) is 2. The van der Waals surface area contributed by atoms with Crippen LogP contribution in [0.3, 0.4) is 0 Å². The Kier molecular flexibility index (Phi) is 3.85. The molecule has 0 amide bonds. The summed E-state index contributed by atoms with van der Waals surface area (Å²) in [5.41, 5.74) is 6.26. The molecule has 1 aliphatic carbocycles. The number of nitrogens with one attached hydrogen (secondary N) is 1. The first-order valence-electron chi connectivity index (χ1n) is 7.19. The maximum absolute atomic E-state index is 12.5. The lowest BCUT2D eigenvalue weighted by molar-refractivity contribution is 0.182. The molecule has 7 heteroatoms. The summed E-state index contributed by atoms with van der Waals surface area (Å²) in [4.78, 5) is 5.61. The summed E-state index contributed by atoms with van der Waals surface area (Å²) < 4.78 is 26.6. The Balaban J connectivity index is 1.63. The molecule has 6 nitrogen and oxygen atoms in total. The Labute approximate surface area is 120 Å². The van der Waals surface area contributed by atoms with Crippen molar-refractivity contribution in [3.63, 3.8) is 0 Å². The number of rotatable bonds is 5. The Morgan fingerprint density at radius 2 is 1.95 bits per heavy atom. The van der Waals surface area contributed by atoms with Crippen LogP contribution in [0.15, 0.2) is 17.2 Å². The van der Waals surface area contributed by atoms with E-state index in [2.05, 4.69) is 9.88 Å². The van der Waals surface area contributed by atoms with E-state index in [0.717, 1.165) is 31.2 Å². The van der Waals surface area contributed by atoms with Gasteiger partial charge in [0.2, 0.25) is 10.0 Å². The molecule has 2 aliphatic rings. The van der Waals surface area contributed by atoms with Crippen molar-refractivity contribution in [3.05, 3.63) is 18.0 Å². The number of hydrogen-bond donors (Lipinski definition) is 2. The SMILES string of the molecule is NCc1cc(S(=O)(=O)N2CCN(CC3CC3)CC2)c[nH]1. The summed E-state index contributed by atoms with van der Waals surface area (Å²) in [6.07, 6.45) is 4.21. The van der Waals surface area contributed by atoms with Gasteiger partial charge in [-0.15, -0.1) is 0 Å². The third kappa shape index (κ3) is 2.90. The number of hydrogen-bond acceptors (Lipinski definition) is 4.